The van der Waals surface area contributed by atoms with Crippen molar-refractivity contribution in [1.29, 1.82) is 0 Å². The van der Waals surface area contributed by atoms with Crippen LogP contribution in [0.4, 0.5) is 4.79 Å². The van der Waals surface area contributed by atoms with E-state index in [1.54, 1.807) is 11.3 Å². The first-order valence-electron chi connectivity index (χ1n) is 8.25. The van der Waals surface area contributed by atoms with Crippen LogP contribution < -0.4 is 5.32 Å². The number of aromatic nitrogens is 1. The summed E-state index contributed by atoms with van der Waals surface area (Å²) in [4.78, 5) is 19.3. The van der Waals surface area contributed by atoms with Crippen LogP contribution in [-0.2, 0) is 6.54 Å². The molecular weight excluding hydrogens is 318 g/mol. The van der Waals surface area contributed by atoms with Gasteiger partial charge in [0, 0.05) is 13.1 Å². The molecule has 1 atom stereocenters. The SMILES string of the molecule is O=C(NCc1ccccc1)N1CCC[C@H]1c1nc2ccccc2s1. The molecule has 1 saturated heterocycles. The highest BCUT2D eigenvalue weighted by Gasteiger charge is 2.32. The zero-order valence-corrected chi connectivity index (χ0v) is 14.1. The molecule has 122 valence electrons. The summed E-state index contributed by atoms with van der Waals surface area (Å²) < 4.78 is 1.18. The second kappa shape index (κ2) is 6.61. The maximum absolute atomic E-state index is 12.6. The molecule has 24 heavy (non-hydrogen) atoms. The summed E-state index contributed by atoms with van der Waals surface area (Å²) in [5, 5.41) is 4.08. The minimum atomic E-state index is 0.000564. The first-order valence-corrected chi connectivity index (χ1v) is 9.07. The summed E-state index contributed by atoms with van der Waals surface area (Å²) in [6, 6.07) is 18.3. The summed E-state index contributed by atoms with van der Waals surface area (Å²) in [6.45, 7) is 1.35. The van der Waals surface area contributed by atoms with Crippen LogP contribution in [0.25, 0.3) is 10.2 Å². The van der Waals surface area contributed by atoms with Gasteiger partial charge in [0.05, 0.1) is 16.3 Å². The highest BCUT2D eigenvalue weighted by molar-refractivity contribution is 7.18. The van der Waals surface area contributed by atoms with E-state index in [1.807, 2.05) is 53.4 Å². The first kappa shape index (κ1) is 15.1. The number of nitrogens with one attached hydrogen (secondary N) is 1. The van der Waals surface area contributed by atoms with Crippen molar-refractivity contribution in [1.82, 2.24) is 15.2 Å². The molecule has 2 amide bonds. The molecule has 4 rings (SSSR count). The molecule has 2 heterocycles. The number of carbonyl (C=O) groups excluding carboxylic acids is 1. The second-order valence-corrected chi connectivity index (χ2v) is 7.08. The van der Waals surface area contributed by atoms with Gasteiger partial charge in [-0.15, -0.1) is 11.3 Å². The molecule has 1 aromatic heterocycles. The van der Waals surface area contributed by atoms with Gasteiger partial charge in [0.2, 0.25) is 0 Å². The third-order valence-electron chi connectivity index (χ3n) is 4.40. The van der Waals surface area contributed by atoms with Gasteiger partial charge in [-0.1, -0.05) is 42.5 Å². The van der Waals surface area contributed by atoms with Gasteiger partial charge in [0.15, 0.2) is 0 Å². The van der Waals surface area contributed by atoms with E-state index in [-0.39, 0.29) is 12.1 Å². The molecule has 1 fully saturated rings. The number of likely N-dealkylation sites (tertiary alicyclic amines) is 1. The second-order valence-electron chi connectivity index (χ2n) is 6.02. The van der Waals surface area contributed by atoms with Gasteiger partial charge in [0.25, 0.3) is 0 Å². The van der Waals surface area contributed by atoms with E-state index >= 15 is 0 Å². The predicted octanol–water partition coefficient (Wildman–Crippen LogP) is 4.34. The predicted molar refractivity (Wildman–Crippen MR) is 97.0 cm³/mol. The van der Waals surface area contributed by atoms with Gasteiger partial charge < -0.3 is 10.2 Å². The number of hydrogen-bond acceptors (Lipinski definition) is 3. The fraction of sp³-hybridized carbons (Fsp3) is 0.263. The molecule has 0 saturated carbocycles. The monoisotopic (exact) mass is 337 g/mol. The Hall–Kier alpha value is -2.40. The Balaban J connectivity index is 1.48. The molecule has 0 bridgehead atoms. The lowest BCUT2D eigenvalue weighted by Gasteiger charge is -2.23. The Bertz CT molecular complexity index is 813. The van der Waals surface area contributed by atoms with Gasteiger partial charge in [-0.05, 0) is 30.5 Å². The Morgan fingerprint density at radius 2 is 1.96 bits per heavy atom. The van der Waals surface area contributed by atoms with Crippen molar-refractivity contribution in [2.24, 2.45) is 0 Å². The molecular formula is C19H19N3OS. The Kier molecular flexibility index (Phi) is 4.17. The highest BCUT2D eigenvalue weighted by Crippen LogP contribution is 2.36. The maximum atomic E-state index is 12.6. The molecule has 1 aliphatic heterocycles. The van der Waals surface area contributed by atoms with Gasteiger partial charge in [-0.25, -0.2) is 9.78 Å². The van der Waals surface area contributed by atoms with Gasteiger partial charge in [0.1, 0.15) is 5.01 Å². The number of fused-ring (bicyclic) bond motifs is 1. The molecule has 0 spiro atoms. The lowest BCUT2D eigenvalue weighted by Crippen LogP contribution is -2.39. The van der Waals surface area contributed by atoms with Crippen LogP contribution in [0.2, 0.25) is 0 Å². The standard InChI is InChI=1S/C19H19N3OS/c23-19(20-13-14-7-2-1-3-8-14)22-12-6-10-16(22)18-21-15-9-4-5-11-17(15)24-18/h1-5,7-9,11,16H,6,10,12-13H2,(H,20,23)/t16-/m0/s1. The van der Waals surface area contributed by atoms with E-state index in [9.17, 15) is 4.79 Å². The Labute approximate surface area is 145 Å². The third-order valence-corrected chi connectivity index (χ3v) is 5.53. The van der Waals surface area contributed by atoms with E-state index < -0.39 is 0 Å². The zero-order chi connectivity index (χ0) is 16.4. The molecule has 1 aliphatic rings. The van der Waals surface area contributed by atoms with Crippen molar-refractivity contribution in [2.75, 3.05) is 6.54 Å². The maximum Gasteiger partial charge on any atom is 0.318 e. The number of hydrogen-bond donors (Lipinski definition) is 1. The molecule has 2 aromatic carbocycles. The quantitative estimate of drug-likeness (QED) is 0.772. The van der Waals surface area contributed by atoms with Crippen LogP contribution in [0.3, 0.4) is 0 Å². The number of amides is 2. The van der Waals surface area contributed by atoms with E-state index in [0.717, 1.165) is 35.5 Å². The number of benzene rings is 2. The van der Waals surface area contributed by atoms with Crippen molar-refractivity contribution in [3.8, 4) is 0 Å². The average molecular weight is 337 g/mol. The number of thiazole rings is 1. The van der Waals surface area contributed by atoms with Crippen LogP contribution in [0.1, 0.15) is 29.5 Å². The summed E-state index contributed by atoms with van der Waals surface area (Å²) in [5.41, 5.74) is 2.13. The number of carbonyl (C=O) groups is 1. The van der Waals surface area contributed by atoms with Crippen LogP contribution in [-0.4, -0.2) is 22.5 Å². The van der Waals surface area contributed by atoms with Crippen LogP contribution in [0, 0.1) is 0 Å². The lowest BCUT2D eigenvalue weighted by atomic mass is 10.2. The summed E-state index contributed by atoms with van der Waals surface area (Å²) in [5.74, 6) is 0. The Morgan fingerprint density at radius 1 is 1.17 bits per heavy atom. The topological polar surface area (TPSA) is 45.2 Å². The largest absolute Gasteiger partial charge is 0.334 e. The van der Waals surface area contributed by atoms with Crippen molar-refractivity contribution in [3.05, 3.63) is 65.2 Å². The molecule has 3 aromatic rings. The van der Waals surface area contributed by atoms with Gasteiger partial charge in [-0.3, -0.25) is 0 Å². The van der Waals surface area contributed by atoms with Crippen molar-refractivity contribution in [3.63, 3.8) is 0 Å². The molecule has 1 N–H and O–H groups in total. The summed E-state index contributed by atoms with van der Waals surface area (Å²) >= 11 is 1.70. The Morgan fingerprint density at radius 3 is 2.79 bits per heavy atom. The fourth-order valence-electron chi connectivity index (χ4n) is 3.17. The van der Waals surface area contributed by atoms with Crippen LogP contribution in [0.5, 0.6) is 0 Å². The normalized spacial score (nSPS) is 17.3. The molecule has 0 aliphatic carbocycles. The molecule has 0 radical (unpaired) electrons. The minimum absolute atomic E-state index is 0.000564. The average Bonchev–Trinajstić information content (AvgIpc) is 3.26. The van der Waals surface area contributed by atoms with E-state index in [2.05, 4.69) is 11.4 Å². The zero-order valence-electron chi connectivity index (χ0n) is 13.3. The summed E-state index contributed by atoms with van der Waals surface area (Å²) in [7, 11) is 0. The number of rotatable bonds is 3. The number of nitrogens with zero attached hydrogens (tertiary/aromatic N) is 2. The van der Waals surface area contributed by atoms with Gasteiger partial charge >= 0.3 is 6.03 Å². The number of urea groups is 1. The minimum Gasteiger partial charge on any atom is -0.334 e. The summed E-state index contributed by atoms with van der Waals surface area (Å²) in [6.07, 6.45) is 2.01. The third kappa shape index (κ3) is 2.99. The first-order chi connectivity index (χ1) is 11.8. The van der Waals surface area contributed by atoms with E-state index in [4.69, 9.17) is 4.98 Å². The van der Waals surface area contributed by atoms with Crippen molar-refractivity contribution in [2.45, 2.75) is 25.4 Å². The van der Waals surface area contributed by atoms with E-state index in [0.29, 0.717) is 6.54 Å². The highest BCUT2D eigenvalue weighted by atomic mass is 32.1. The number of para-hydroxylation sites is 1. The lowest BCUT2D eigenvalue weighted by molar-refractivity contribution is 0.192. The molecule has 5 heteroatoms. The smallest absolute Gasteiger partial charge is 0.318 e. The van der Waals surface area contributed by atoms with Crippen LogP contribution >= 0.6 is 11.3 Å². The molecule has 0 unspecified atom stereocenters. The van der Waals surface area contributed by atoms with Crippen LogP contribution in [0.15, 0.2) is 54.6 Å². The van der Waals surface area contributed by atoms with E-state index in [1.165, 1.54) is 4.70 Å². The van der Waals surface area contributed by atoms with Gasteiger partial charge in [-0.2, -0.15) is 0 Å². The molecule has 4 nitrogen and oxygen atoms in total. The fourth-order valence-corrected chi connectivity index (χ4v) is 4.29. The van der Waals surface area contributed by atoms with Crippen molar-refractivity contribution < 1.29 is 4.79 Å². The van der Waals surface area contributed by atoms with Crippen molar-refractivity contribution >= 4 is 27.6 Å².